The maximum atomic E-state index is 12.5. The first-order chi connectivity index (χ1) is 13.2. The van der Waals surface area contributed by atoms with E-state index in [1.165, 1.54) is 19.0 Å². The molecular formula is C20H22N4O3. The van der Waals surface area contributed by atoms with Gasteiger partial charge in [-0.05, 0) is 50.2 Å². The molecule has 0 spiro atoms. The number of amides is 1. The zero-order valence-electron chi connectivity index (χ0n) is 15.0. The van der Waals surface area contributed by atoms with E-state index in [2.05, 4.69) is 15.3 Å². The Morgan fingerprint density at radius 2 is 2.00 bits per heavy atom. The van der Waals surface area contributed by atoms with Crippen molar-refractivity contribution >= 4 is 16.8 Å². The van der Waals surface area contributed by atoms with E-state index in [1.807, 2.05) is 18.2 Å². The number of nitrogens with zero attached hydrogens (tertiary/aromatic N) is 3. The zero-order valence-corrected chi connectivity index (χ0v) is 15.0. The normalized spacial score (nSPS) is 15.9. The number of fused-ring (bicyclic) bond motifs is 1. The van der Waals surface area contributed by atoms with Crippen molar-refractivity contribution in [1.29, 1.82) is 0 Å². The molecule has 2 aromatic heterocycles. The minimum Gasteiger partial charge on any atom is -0.468 e. The Morgan fingerprint density at radius 1 is 1.19 bits per heavy atom. The fraction of sp³-hybridized carbons (Fsp3) is 0.350. The van der Waals surface area contributed by atoms with Gasteiger partial charge in [-0.2, -0.15) is 5.10 Å². The first-order valence-electron chi connectivity index (χ1n) is 9.21. The smallest absolute Gasteiger partial charge is 0.241 e. The molecule has 1 aliphatic rings. The average molecular weight is 366 g/mol. The molecule has 0 saturated carbocycles. The molecule has 27 heavy (non-hydrogen) atoms. The van der Waals surface area contributed by atoms with Gasteiger partial charge in [-0.3, -0.25) is 19.2 Å². The van der Waals surface area contributed by atoms with Crippen LogP contribution < -0.4 is 10.7 Å². The van der Waals surface area contributed by atoms with E-state index in [1.54, 1.807) is 29.1 Å². The van der Waals surface area contributed by atoms with Crippen molar-refractivity contribution in [3.63, 3.8) is 0 Å². The van der Waals surface area contributed by atoms with Crippen molar-refractivity contribution in [2.24, 2.45) is 0 Å². The number of carbonyl (C=O) groups is 1. The molecule has 0 aliphatic carbocycles. The number of furan rings is 1. The molecule has 0 radical (unpaired) electrons. The van der Waals surface area contributed by atoms with Gasteiger partial charge < -0.3 is 9.73 Å². The van der Waals surface area contributed by atoms with E-state index >= 15 is 0 Å². The Hall–Kier alpha value is -2.93. The summed E-state index contributed by atoms with van der Waals surface area (Å²) in [6.45, 7) is 2.55. The largest absolute Gasteiger partial charge is 0.468 e. The molecule has 1 amide bonds. The van der Waals surface area contributed by atoms with Crippen molar-refractivity contribution in [2.45, 2.75) is 25.4 Å². The van der Waals surface area contributed by atoms with E-state index in [9.17, 15) is 9.59 Å². The van der Waals surface area contributed by atoms with E-state index in [4.69, 9.17) is 4.42 Å². The highest BCUT2D eigenvalue weighted by molar-refractivity contribution is 5.81. The molecule has 1 aliphatic heterocycles. The highest BCUT2D eigenvalue weighted by atomic mass is 16.3. The van der Waals surface area contributed by atoms with Crippen LogP contribution in [0.1, 0.15) is 24.6 Å². The van der Waals surface area contributed by atoms with Crippen molar-refractivity contribution in [2.75, 3.05) is 19.6 Å². The molecule has 3 heterocycles. The third kappa shape index (κ3) is 3.78. The van der Waals surface area contributed by atoms with Crippen molar-refractivity contribution in [3.05, 3.63) is 64.8 Å². The summed E-state index contributed by atoms with van der Waals surface area (Å²) in [6.07, 6.45) is 5.25. The van der Waals surface area contributed by atoms with Crippen LogP contribution in [-0.2, 0) is 11.3 Å². The Bertz CT molecular complexity index is 974. The number of rotatable bonds is 6. The second-order valence-electron chi connectivity index (χ2n) is 6.76. The quantitative estimate of drug-likeness (QED) is 0.721. The van der Waals surface area contributed by atoms with Crippen LogP contribution in [0.5, 0.6) is 0 Å². The third-order valence-electron chi connectivity index (χ3n) is 5.00. The van der Waals surface area contributed by atoms with Crippen LogP contribution in [0.2, 0.25) is 0 Å². The molecular weight excluding hydrogens is 344 g/mol. The molecule has 1 fully saturated rings. The minimum atomic E-state index is -0.146. The fourth-order valence-corrected chi connectivity index (χ4v) is 3.63. The fourth-order valence-electron chi connectivity index (χ4n) is 3.63. The van der Waals surface area contributed by atoms with Gasteiger partial charge in [-0.15, -0.1) is 0 Å². The SMILES string of the molecule is O=C(Cn1ncc(=O)c2ccccc21)NC[C@@H](c1ccco1)N1CCCC1. The molecule has 1 atom stereocenters. The van der Waals surface area contributed by atoms with Gasteiger partial charge in [0.2, 0.25) is 11.3 Å². The first kappa shape index (κ1) is 17.5. The third-order valence-corrected chi connectivity index (χ3v) is 5.00. The lowest BCUT2D eigenvalue weighted by Gasteiger charge is -2.26. The molecule has 7 nitrogen and oxygen atoms in total. The van der Waals surface area contributed by atoms with E-state index in [-0.39, 0.29) is 23.9 Å². The first-order valence-corrected chi connectivity index (χ1v) is 9.21. The molecule has 1 saturated heterocycles. The molecule has 0 bridgehead atoms. The van der Waals surface area contributed by atoms with Crippen molar-refractivity contribution in [3.8, 4) is 0 Å². The summed E-state index contributed by atoms with van der Waals surface area (Å²) in [5, 5.41) is 7.67. The summed E-state index contributed by atoms with van der Waals surface area (Å²) >= 11 is 0. The van der Waals surface area contributed by atoms with Crippen LogP contribution in [0.25, 0.3) is 10.9 Å². The maximum absolute atomic E-state index is 12.5. The molecule has 4 rings (SSSR count). The summed E-state index contributed by atoms with van der Waals surface area (Å²) in [5.41, 5.74) is 0.511. The summed E-state index contributed by atoms with van der Waals surface area (Å²) in [5.74, 6) is 0.719. The highest BCUT2D eigenvalue weighted by Crippen LogP contribution is 2.24. The Morgan fingerprint density at radius 3 is 2.78 bits per heavy atom. The standard InChI is InChI=1S/C20H22N4O3/c25-18-13-22-24(16-7-2-1-6-15(16)18)14-20(26)21-12-17(19-8-5-11-27-19)23-9-3-4-10-23/h1-2,5-8,11,13,17H,3-4,9-10,12,14H2,(H,21,26)/t17-/m0/s1. The zero-order chi connectivity index (χ0) is 18.6. The van der Waals surface area contributed by atoms with E-state index < -0.39 is 0 Å². The van der Waals surface area contributed by atoms with Gasteiger partial charge in [0.25, 0.3) is 0 Å². The Balaban J connectivity index is 1.46. The number of aromatic nitrogens is 2. The molecule has 3 aromatic rings. The van der Waals surface area contributed by atoms with Gasteiger partial charge in [0.1, 0.15) is 12.3 Å². The van der Waals surface area contributed by atoms with Crippen LogP contribution in [0.15, 0.2) is 58.1 Å². The van der Waals surface area contributed by atoms with Crippen LogP contribution in [0.4, 0.5) is 0 Å². The Labute approximate surface area is 156 Å². The topological polar surface area (TPSA) is 80.4 Å². The van der Waals surface area contributed by atoms with Gasteiger partial charge in [0.05, 0.1) is 24.0 Å². The highest BCUT2D eigenvalue weighted by Gasteiger charge is 2.26. The van der Waals surface area contributed by atoms with Gasteiger partial charge in [-0.25, -0.2) is 0 Å². The monoisotopic (exact) mass is 366 g/mol. The number of hydrogen-bond acceptors (Lipinski definition) is 5. The number of para-hydroxylation sites is 1. The lowest BCUT2D eigenvalue weighted by atomic mass is 10.2. The predicted molar refractivity (Wildman–Crippen MR) is 101 cm³/mol. The number of likely N-dealkylation sites (tertiary alicyclic amines) is 1. The lowest BCUT2D eigenvalue weighted by Crippen LogP contribution is -2.38. The van der Waals surface area contributed by atoms with Crippen LogP contribution in [0, 0.1) is 0 Å². The van der Waals surface area contributed by atoms with Crippen LogP contribution in [-0.4, -0.2) is 40.2 Å². The van der Waals surface area contributed by atoms with Gasteiger partial charge in [-0.1, -0.05) is 12.1 Å². The van der Waals surface area contributed by atoms with Crippen molar-refractivity contribution in [1.82, 2.24) is 20.0 Å². The molecule has 1 aromatic carbocycles. The molecule has 140 valence electrons. The minimum absolute atomic E-state index is 0.0326. The molecule has 0 unspecified atom stereocenters. The molecule has 1 N–H and O–H groups in total. The second kappa shape index (κ2) is 7.75. The van der Waals surface area contributed by atoms with E-state index in [0.29, 0.717) is 17.4 Å². The van der Waals surface area contributed by atoms with E-state index in [0.717, 1.165) is 18.8 Å². The Kier molecular flexibility index (Phi) is 5.02. The van der Waals surface area contributed by atoms with Gasteiger partial charge >= 0.3 is 0 Å². The van der Waals surface area contributed by atoms with Gasteiger partial charge in [0.15, 0.2) is 0 Å². The summed E-state index contributed by atoms with van der Waals surface area (Å²) in [4.78, 5) is 26.8. The van der Waals surface area contributed by atoms with Crippen LogP contribution >= 0.6 is 0 Å². The number of nitrogens with one attached hydrogen (secondary N) is 1. The summed E-state index contributed by atoms with van der Waals surface area (Å²) < 4.78 is 7.14. The number of benzene rings is 1. The number of hydrogen-bond donors (Lipinski definition) is 1. The van der Waals surface area contributed by atoms with Crippen molar-refractivity contribution < 1.29 is 9.21 Å². The second-order valence-corrected chi connectivity index (χ2v) is 6.76. The summed E-state index contributed by atoms with van der Waals surface area (Å²) in [7, 11) is 0. The number of carbonyl (C=O) groups excluding carboxylic acids is 1. The average Bonchev–Trinajstić information content (AvgIpc) is 3.39. The predicted octanol–water partition coefficient (Wildman–Crippen LogP) is 1.94. The molecule has 7 heteroatoms. The lowest BCUT2D eigenvalue weighted by molar-refractivity contribution is -0.122. The van der Waals surface area contributed by atoms with Gasteiger partial charge in [0, 0.05) is 11.9 Å². The van der Waals surface area contributed by atoms with Crippen LogP contribution in [0.3, 0.4) is 0 Å². The maximum Gasteiger partial charge on any atom is 0.241 e. The summed E-state index contributed by atoms with van der Waals surface area (Å²) in [6, 6.07) is 11.0.